The van der Waals surface area contributed by atoms with E-state index >= 15 is 0 Å². The molecule has 5 heteroatoms. The molecule has 0 bridgehead atoms. The van der Waals surface area contributed by atoms with Crippen LogP contribution in [0.4, 0.5) is 0 Å². The molecule has 4 nitrogen and oxygen atoms in total. The fourth-order valence-electron chi connectivity index (χ4n) is 1.61. The molecule has 1 amide bonds. The van der Waals surface area contributed by atoms with E-state index in [0.717, 1.165) is 0 Å². The lowest BCUT2D eigenvalue weighted by Gasteiger charge is -2.20. The number of nitriles is 1. The van der Waals surface area contributed by atoms with Crippen LogP contribution in [-0.4, -0.2) is 31.0 Å². The zero-order chi connectivity index (χ0) is 13.5. The van der Waals surface area contributed by atoms with E-state index in [-0.39, 0.29) is 5.91 Å². The molecule has 0 spiro atoms. The second kappa shape index (κ2) is 6.87. The summed E-state index contributed by atoms with van der Waals surface area (Å²) in [6.45, 7) is 2.81. The van der Waals surface area contributed by atoms with Crippen molar-refractivity contribution < 1.29 is 9.53 Å². The molecule has 1 aromatic rings. The molecule has 0 saturated heterocycles. The number of hydrogen-bond donors (Lipinski definition) is 0. The number of methoxy groups -OCH3 is 1. The first-order chi connectivity index (χ1) is 8.63. The molecule has 0 unspecified atom stereocenters. The van der Waals surface area contributed by atoms with Gasteiger partial charge in [0, 0.05) is 18.1 Å². The van der Waals surface area contributed by atoms with Gasteiger partial charge in [0.1, 0.15) is 5.75 Å². The van der Waals surface area contributed by atoms with Gasteiger partial charge in [-0.05, 0) is 25.1 Å². The van der Waals surface area contributed by atoms with Gasteiger partial charge in [-0.15, -0.1) is 0 Å². The molecule has 1 rings (SSSR count). The van der Waals surface area contributed by atoms with Crippen molar-refractivity contribution in [3.05, 3.63) is 28.8 Å². The molecule has 0 atom stereocenters. The third-order valence-corrected chi connectivity index (χ3v) is 2.79. The summed E-state index contributed by atoms with van der Waals surface area (Å²) in [5.41, 5.74) is 0.421. The van der Waals surface area contributed by atoms with Gasteiger partial charge in [-0.2, -0.15) is 5.26 Å². The Kier molecular flexibility index (Phi) is 5.47. The second-order valence-corrected chi connectivity index (χ2v) is 4.07. The summed E-state index contributed by atoms with van der Waals surface area (Å²) in [7, 11) is 1.51. The largest absolute Gasteiger partial charge is 0.496 e. The molecule has 0 aliphatic carbocycles. The Balaban J connectivity index is 3.00. The van der Waals surface area contributed by atoms with Crippen LogP contribution >= 0.6 is 11.6 Å². The summed E-state index contributed by atoms with van der Waals surface area (Å²) in [6, 6.07) is 6.94. The number of rotatable bonds is 5. The Bertz CT molecular complexity index is 469. The lowest BCUT2D eigenvalue weighted by Crippen LogP contribution is -2.31. The number of amides is 1. The minimum Gasteiger partial charge on any atom is -0.496 e. The highest BCUT2D eigenvalue weighted by Gasteiger charge is 2.18. The second-order valence-electron chi connectivity index (χ2n) is 3.64. The van der Waals surface area contributed by atoms with Gasteiger partial charge in [0.05, 0.1) is 25.2 Å². The van der Waals surface area contributed by atoms with Crippen molar-refractivity contribution in [3.8, 4) is 11.8 Å². The Hall–Kier alpha value is -1.73. The normalized spacial score (nSPS) is 9.67. The topological polar surface area (TPSA) is 53.3 Å². The van der Waals surface area contributed by atoms with Crippen LogP contribution in [0, 0.1) is 11.3 Å². The van der Waals surface area contributed by atoms with Gasteiger partial charge in [0.15, 0.2) is 0 Å². The van der Waals surface area contributed by atoms with Crippen LogP contribution in [-0.2, 0) is 0 Å². The van der Waals surface area contributed by atoms with E-state index in [1.54, 1.807) is 23.1 Å². The van der Waals surface area contributed by atoms with Gasteiger partial charge in [-0.3, -0.25) is 4.79 Å². The molecule has 0 N–H and O–H groups in total. The first-order valence-corrected chi connectivity index (χ1v) is 6.01. The van der Waals surface area contributed by atoms with Gasteiger partial charge < -0.3 is 9.64 Å². The van der Waals surface area contributed by atoms with Gasteiger partial charge in [0.25, 0.3) is 5.91 Å². The highest BCUT2D eigenvalue weighted by molar-refractivity contribution is 6.31. The van der Waals surface area contributed by atoms with E-state index in [1.165, 1.54) is 7.11 Å². The zero-order valence-electron chi connectivity index (χ0n) is 10.4. The van der Waals surface area contributed by atoms with Gasteiger partial charge in [-0.1, -0.05) is 11.6 Å². The highest BCUT2D eigenvalue weighted by atomic mass is 35.5. The third-order valence-electron chi connectivity index (χ3n) is 2.55. The number of benzene rings is 1. The molecule has 0 aromatic heterocycles. The summed E-state index contributed by atoms with van der Waals surface area (Å²) in [6.07, 6.45) is 0.308. The SMILES string of the molecule is CCN(CCC#N)C(=O)c1cc(Cl)ccc1OC. The fraction of sp³-hybridized carbons (Fsp3) is 0.385. The molecule has 18 heavy (non-hydrogen) atoms. The number of hydrogen-bond acceptors (Lipinski definition) is 3. The van der Waals surface area contributed by atoms with E-state index < -0.39 is 0 Å². The average molecular weight is 267 g/mol. The molecule has 0 heterocycles. The van der Waals surface area contributed by atoms with Crippen LogP contribution in [0.15, 0.2) is 18.2 Å². The maximum Gasteiger partial charge on any atom is 0.257 e. The Labute approximate surface area is 112 Å². The van der Waals surface area contributed by atoms with Crippen LogP contribution in [0.5, 0.6) is 5.75 Å². The Morgan fingerprint density at radius 2 is 2.28 bits per heavy atom. The minimum atomic E-state index is -0.174. The predicted molar refractivity (Wildman–Crippen MR) is 69.8 cm³/mol. The quantitative estimate of drug-likeness (QED) is 0.823. The minimum absolute atomic E-state index is 0.174. The van der Waals surface area contributed by atoms with E-state index in [0.29, 0.717) is 35.8 Å². The van der Waals surface area contributed by atoms with Crippen molar-refractivity contribution in [2.45, 2.75) is 13.3 Å². The molecular formula is C13H15ClN2O2. The van der Waals surface area contributed by atoms with Gasteiger partial charge in [0.2, 0.25) is 0 Å². The number of ether oxygens (including phenoxy) is 1. The fourth-order valence-corrected chi connectivity index (χ4v) is 1.78. The van der Waals surface area contributed by atoms with Crippen molar-refractivity contribution in [1.82, 2.24) is 4.90 Å². The molecule has 96 valence electrons. The van der Waals surface area contributed by atoms with Crippen molar-refractivity contribution in [2.24, 2.45) is 0 Å². The van der Waals surface area contributed by atoms with Gasteiger partial charge >= 0.3 is 0 Å². The summed E-state index contributed by atoms with van der Waals surface area (Å²) in [5.74, 6) is 0.312. The summed E-state index contributed by atoms with van der Waals surface area (Å²) >= 11 is 5.89. The number of carbonyl (C=O) groups is 1. The lowest BCUT2D eigenvalue weighted by atomic mass is 10.1. The summed E-state index contributed by atoms with van der Waals surface area (Å²) in [4.78, 5) is 13.9. The maximum atomic E-state index is 12.3. The van der Waals surface area contributed by atoms with E-state index in [4.69, 9.17) is 21.6 Å². The van der Waals surface area contributed by atoms with Crippen LogP contribution < -0.4 is 4.74 Å². The standard InChI is InChI=1S/C13H15ClN2O2/c1-3-16(8-4-7-15)13(17)11-9-10(14)5-6-12(11)18-2/h5-6,9H,3-4,8H2,1-2H3. The molecule has 0 fully saturated rings. The lowest BCUT2D eigenvalue weighted by molar-refractivity contribution is 0.0764. The third kappa shape index (κ3) is 3.38. The van der Waals surface area contributed by atoms with Crippen LogP contribution in [0.2, 0.25) is 5.02 Å². The number of halogens is 1. The van der Waals surface area contributed by atoms with Crippen molar-refractivity contribution >= 4 is 17.5 Å². The van der Waals surface area contributed by atoms with Crippen LogP contribution in [0.1, 0.15) is 23.7 Å². The van der Waals surface area contributed by atoms with E-state index in [9.17, 15) is 4.79 Å². The average Bonchev–Trinajstić information content (AvgIpc) is 2.39. The monoisotopic (exact) mass is 266 g/mol. The smallest absolute Gasteiger partial charge is 0.257 e. The first-order valence-electron chi connectivity index (χ1n) is 5.63. The maximum absolute atomic E-state index is 12.3. The first kappa shape index (κ1) is 14.3. The van der Waals surface area contributed by atoms with Gasteiger partial charge in [-0.25, -0.2) is 0 Å². The molecule has 0 aliphatic heterocycles. The van der Waals surface area contributed by atoms with Crippen molar-refractivity contribution in [1.29, 1.82) is 5.26 Å². The van der Waals surface area contributed by atoms with Crippen LogP contribution in [0.3, 0.4) is 0 Å². The number of carbonyl (C=O) groups excluding carboxylic acids is 1. The number of nitrogens with zero attached hydrogens (tertiary/aromatic N) is 2. The molecule has 0 saturated carbocycles. The summed E-state index contributed by atoms with van der Waals surface area (Å²) in [5, 5.41) is 9.06. The summed E-state index contributed by atoms with van der Waals surface area (Å²) < 4.78 is 5.15. The van der Waals surface area contributed by atoms with Crippen molar-refractivity contribution in [3.63, 3.8) is 0 Å². The van der Waals surface area contributed by atoms with Crippen LogP contribution in [0.25, 0.3) is 0 Å². The molecular weight excluding hydrogens is 252 g/mol. The zero-order valence-corrected chi connectivity index (χ0v) is 11.2. The van der Waals surface area contributed by atoms with E-state index in [2.05, 4.69) is 0 Å². The Morgan fingerprint density at radius 1 is 1.56 bits per heavy atom. The Morgan fingerprint density at radius 3 is 2.83 bits per heavy atom. The van der Waals surface area contributed by atoms with E-state index in [1.807, 2.05) is 13.0 Å². The molecule has 0 aliphatic rings. The predicted octanol–water partition coefficient (Wildman–Crippen LogP) is 2.72. The highest BCUT2D eigenvalue weighted by Crippen LogP contribution is 2.24. The molecule has 1 aromatic carbocycles. The molecule has 0 radical (unpaired) electrons. The van der Waals surface area contributed by atoms with Crippen molar-refractivity contribution in [2.75, 3.05) is 20.2 Å².